The Bertz CT molecular complexity index is 1840. The Balaban J connectivity index is 1.20. The molecule has 3 N–H and O–H groups in total. The molecule has 1 atom stereocenters. The van der Waals surface area contributed by atoms with Crippen molar-refractivity contribution in [3.05, 3.63) is 115 Å². The molecule has 9 nitrogen and oxygen atoms in total. The number of nitrogens with one attached hydrogen (secondary N) is 3. The smallest absolute Gasteiger partial charge is 0.338 e. The number of ether oxygens (including phenoxy) is 3. The number of carbonyl (C=O) groups excluding carboxylic acids is 2. The van der Waals surface area contributed by atoms with Crippen LogP contribution in [0.4, 0.5) is 0 Å². The number of halogens is 2. The van der Waals surface area contributed by atoms with E-state index in [0.717, 1.165) is 30.3 Å². The van der Waals surface area contributed by atoms with E-state index in [9.17, 15) is 9.59 Å². The lowest BCUT2D eigenvalue weighted by Gasteiger charge is -2.30. The molecule has 0 spiro atoms. The van der Waals surface area contributed by atoms with E-state index in [2.05, 4.69) is 83.9 Å². The highest BCUT2D eigenvalue weighted by atomic mass is 127. The van der Waals surface area contributed by atoms with Crippen molar-refractivity contribution in [2.24, 2.45) is 5.10 Å². The molecule has 4 aromatic rings. The van der Waals surface area contributed by atoms with Crippen molar-refractivity contribution in [2.45, 2.75) is 26.5 Å². The van der Waals surface area contributed by atoms with E-state index in [-0.39, 0.29) is 13.2 Å². The lowest BCUT2D eigenvalue weighted by molar-refractivity contribution is -0.139. The summed E-state index contributed by atoms with van der Waals surface area (Å²) in [6.07, 6.45) is 1.55. The maximum atomic E-state index is 12.8. The number of para-hydroxylation sites is 1. The molecule has 12 heteroatoms. The number of rotatable bonds is 11. The van der Waals surface area contributed by atoms with Crippen molar-refractivity contribution in [2.75, 3.05) is 13.2 Å². The second-order valence-electron chi connectivity index (χ2n) is 10.2. The van der Waals surface area contributed by atoms with Crippen LogP contribution in [0.25, 0.3) is 10.8 Å². The quantitative estimate of drug-likeness (QED) is 0.0507. The van der Waals surface area contributed by atoms with Gasteiger partial charge in [0, 0.05) is 11.3 Å². The number of hydrogen-bond donors (Lipinski definition) is 3. The number of fused-ring (bicyclic) bond motifs is 1. The van der Waals surface area contributed by atoms with Gasteiger partial charge in [0.05, 0.1) is 32.5 Å². The van der Waals surface area contributed by atoms with Crippen LogP contribution >= 0.6 is 50.7 Å². The van der Waals surface area contributed by atoms with Crippen LogP contribution in [0.2, 0.25) is 0 Å². The Morgan fingerprint density at radius 3 is 2.63 bits per heavy atom. The molecular weight excluding hydrogens is 783 g/mol. The third-order valence-corrected chi connectivity index (χ3v) is 8.64. The Kier molecular flexibility index (Phi) is 11.3. The minimum absolute atomic E-state index is 0.228. The Hall–Kier alpha value is -4.01. The van der Waals surface area contributed by atoms with Gasteiger partial charge in [-0.1, -0.05) is 60.7 Å². The van der Waals surface area contributed by atoms with Gasteiger partial charge in [0.15, 0.2) is 11.7 Å². The van der Waals surface area contributed by atoms with Crippen LogP contribution in [-0.2, 0) is 20.9 Å². The first kappa shape index (κ1) is 33.4. The topological polar surface area (TPSA) is 110 Å². The average molecular weight is 814 g/mol. The molecule has 4 aromatic carbocycles. The van der Waals surface area contributed by atoms with Gasteiger partial charge >= 0.3 is 5.97 Å². The summed E-state index contributed by atoms with van der Waals surface area (Å²) in [5.74, 6) is 0.207. The van der Waals surface area contributed by atoms with E-state index in [1.54, 1.807) is 38.3 Å². The Morgan fingerprint density at radius 2 is 1.83 bits per heavy atom. The molecule has 236 valence electrons. The monoisotopic (exact) mass is 812 g/mol. The summed E-state index contributed by atoms with van der Waals surface area (Å²) < 4.78 is 19.0. The van der Waals surface area contributed by atoms with Gasteiger partial charge in [0.1, 0.15) is 18.1 Å². The molecule has 5 rings (SSSR count). The minimum atomic E-state index is -0.620. The predicted octanol–water partition coefficient (Wildman–Crippen LogP) is 6.67. The van der Waals surface area contributed by atoms with Crippen LogP contribution in [0.15, 0.2) is 99.7 Å². The molecule has 0 bridgehead atoms. The summed E-state index contributed by atoms with van der Waals surface area (Å²) in [7, 11) is 0. The normalized spacial score (nSPS) is 14.5. The predicted molar refractivity (Wildman–Crippen MR) is 194 cm³/mol. The number of allylic oxidation sites excluding steroid dienone is 1. The Morgan fingerprint density at radius 1 is 1.07 bits per heavy atom. The van der Waals surface area contributed by atoms with Gasteiger partial charge in [0.2, 0.25) is 0 Å². The summed E-state index contributed by atoms with van der Waals surface area (Å²) in [6.45, 7) is 3.85. The van der Waals surface area contributed by atoms with Crippen LogP contribution in [0, 0.1) is 3.57 Å². The van der Waals surface area contributed by atoms with E-state index in [1.807, 2.05) is 36.4 Å². The zero-order chi connectivity index (χ0) is 32.6. The van der Waals surface area contributed by atoms with Gasteiger partial charge < -0.3 is 24.8 Å². The fourth-order valence-electron chi connectivity index (χ4n) is 4.97. The zero-order valence-corrected chi connectivity index (χ0v) is 29.5. The number of hydrogen-bond acceptors (Lipinski definition) is 7. The maximum Gasteiger partial charge on any atom is 0.338 e. The molecule has 0 saturated heterocycles. The fraction of sp³-hybridized carbons (Fsp3) is 0.176. The third-order valence-electron chi connectivity index (χ3n) is 7.03. The first-order chi connectivity index (χ1) is 22.2. The highest BCUT2D eigenvalue weighted by molar-refractivity contribution is 14.1. The van der Waals surface area contributed by atoms with E-state index in [0.29, 0.717) is 34.3 Å². The van der Waals surface area contributed by atoms with Crippen molar-refractivity contribution in [3.63, 3.8) is 0 Å². The summed E-state index contributed by atoms with van der Waals surface area (Å²) in [6, 6.07) is 24.7. The molecule has 0 unspecified atom stereocenters. The highest BCUT2D eigenvalue weighted by Crippen LogP contribution is 2.34. The van der Waals surface area contributed by atoms with E-state index in [4.69, 9.17) is 26.4 Å². The van der Waals surface area contributed by atoms with Crippen molar-refractivity contribution < 1.29 is 23.8 Å². The first-order valence-electron chi connectivity index (χ1n) is 14.3. The van der Waals surface area contributed by atoms with Crippen LogP contribution in [-0.4, -0.2) is 36.4 Å². The van der Waals surface area contributed by atoms with Gasteiger partial charge in [-0.25, -0.2) is 10.2 Å². The molecule has 0 aliphatic carbocycles. The standard InChI is InChI=1S/C34H30BrIN4O5S/c1-3-43-33(42)30-20(2)38-34(46)39-31(30)25-13-6-7-14-28(25)44-19-29(41)40-37-17-21-15-26(35)32(27(36)16-21)45-18-23-11-8-10-22-9-4-5-12-24(22)23/h4-17,31H,3,18-19H2,1-2H3,(H,40,41)(H2,38,39,46)/t31-/m1/s1. The average Bonchev–Trinajstić information content (AvgIpc) is 3.03. The summed E-state index contributed by atoms with van der Waals surface area (Å²) in [4.78, 5) is 25.4. The molecule has 0 saturated carbocycles. The van der Waals surface area contributed by atoms with Crippen LogP contribution < -0.4 is 25.5 Å². The summed E-state index contributed by atoms with van der Waals surface area (Å²) in [5.41, 5.74) is 5.96. The fourth-order valence-corrected chi connectivity index (χ4v) is 7.01. The summed E-state index contributed by atoms with van der Waals surface area (Å²) >= 11 is 11.2. The molecule has 1 heterocycles. The largest absolute Gasteiger partial charge is 0.487 e. The van der Waals surface area contributed by atoms with Crippen LogP contribution in [0.1, 0.15) is 36.6 Å². The Labute approximate surface area is 294 Å². The number of thiocarbonyl (C=S) groups is 1. The van der Waals surface area contributed by atoms with Gasteiger partial charge in [-0.2, -0.15) is 5.10 Å². The number of carbonyl (C=O) groups is 2. The number of amides is 1. The van der Waals surface area contributed by atoms with Crippen LogP contribution in [0.5, 0.6) is 11.5 Å². The molecule has 46 heavy (non-hydrogen) atoms. The molecular formula is C34H30BrIN4O5S. The lowest BCUT2D eigenvalue weighted by Crippen LogP contribution is -2.45. The van der Waals surface area contributed by atoms with E-state index < -0.39 is 17.9 Å². The molecule has 1 amide bonds. The number of esters is 1. The van der Waals surface area contributed by atoms with Gasteiger partial charge in [-0.05, 0) is 105 Å². The zero-order valence-electron chi connectivity index (χ0n) is 24.9. The highest BCUT2D eigenvalue weighted by Gasteiger charge is 2.32. The lowest BCUT2D eigenvalue weighted by atomic mass is 9.95. The SMILES string of the molecule is CCOC(=O)C1=C(C)NC(=S)N[C@@H]1c1ccccc1OCC(=O)NN=Cc1cc(Br)c(OCc2cccc3ccccc23)c(I)c1. The van der Waals surface area contributed by atoms with Crippen molar-refractivity contribution in [1.29, 1.82) is 0 Å². The second-order valence-corrected chi connectivity index (χ2v) is 12.6. The van der Waals surface area contributed by atoms with Crippen LogP contribution in [0.3, 0.4) is 0 Å². The van der Waals surface area contributed by atoms with E-state index in [1.165, 1.54) is 5.39 Å². The van der Waals surface area contributed by atoms with Gasteiger partial charge in [-0.3, -0.25) is 4.79 Å². The maximum absolute atomic E-state index is 12.8. The first-order valence-corrected chi connectivity index (χ1v) is 16.6. The summed E-state index contributed by atoms with van der Waals surface area (Å²) in [5, 5.41) is 12.9. The van der Waals surface area contributed by atoms with Crippen molar-refractivity contribution in [3.8, 4) is 11.5 Å². The number of nitrogens with zero attached hydrogens (tertiary/aromatic N) is 1. The molecule has 0 fully saturated rings. The molecule has 1 aliphatic rings. The van der Waals surface area contributed by atoms with Gasteiger partial charge in [0.25, 0.3) is 5.91 Å². The van der Waals surface area contributed by atoms with E-state index >= 15 is 0 Å². The second kappa shape index (κ2) is 15.5. The molecule has 0 radical (unpaired) electrons. The van der Waals surface area contributed by atoms with Gasteiger partial charge in [-0.15, -0.1) is 0 Å². The number of benzene rings is 4. The molecule has 1 aliphatic heterocycles. The minimum Gasteiger partial charge on any atom is -0.487 e. The van der Waals surface area contributed by atoms with Crippen molar-refractivity contribution >= 4 is 84.7 Å². The third kappa shape index (κ3) is 8.03. The van der Waals surface area contributed by atoms with Crippen molar-refractivity contribution in [1.82, 2.24) is 16.1 Å². The number of hydrazone groups is 1. The molecule has 0 aromatic heterocycles.